The van der Waals surface area contributed by atoms with Crippen LogP contribution in [0.2, 0.25) is 0 Å². The van der Waals surface area contributed by atoms with E-state index in [1.54, 1.807) is 19.1 Å². The van der Waals surface area contributed by atoms with E-state index in [0.29, 0.717) is 19.7 Å². The van der Waals surface area contributed by atoms with Crippen molar-refractivity contribution < 1.29 is 14.3 Å². The molecule has 1 aromatic carbocycles. The third-order valence-corrected chi connectivity index (χ3v) is 3.68. The molecule has 1 aliphatic rings. The molecule has 0 saturated heterocycles. The van der Waals surface area contributed by atoms with Crippen LogP contribution < -0.4 is 20.3 Å². The van der Waals surface area contributed by atoms with Crippen LogP contribution in [-0.2, 0) is 9.53 Å². The molecule has 0 fully saturated rings. The Balaban J connectivity index is 0.00000312. The molecule has 0 radical (unpaired) electrons. The number of benzene rings is 1. The minimum absolute atomic E-state index is 0. The van der Waals surface area contributed by atoms with E-state index in [9.17, 15) is 4.79 Å². The molecule has 0 aromatic heterocycles. The van der Waals surface area contributed by atoms with E-state index in [0.717, 1.165) is 23.8 Å². The molecule has 1 amide bonds. The molecule has 0 aliphatic carbocycles. The summed E-state index contributed by atoms with van der Waals surface area (Å²) in [5.41, 5.74) is 0.838. The second-order valence-corrected chi connectivity index (χ2v) is 5.66. The van der Waals surface area contributed by atoms with E-state index < -0.39 is 0 Å². The lowest BCUT2D eigenvalue weighted by Crippen LogP contribution is -2.45. The van der Waals surface area contributed by atoms with Gasteiger partial charge < -0.3 is 25.0 Å². The van der Waals surface area contributed by atoms with Gasteiger partial charge in [0, 0.05) is 33.3 Å². The number of fused-ring (bicyclic) bond motifs is 1. The highest BCUT2D eigenvalue weighted by atomic mass is 127. The molecule has 1 heterocycles. The van der Waals surface area contributed by atoms with Crippen molar-refractivity contribution in [3.63, 3.8) is 0 Å². The quantitative estimate of drug-likeness (QED) is 0.279. The van der Waals surface area contributed by atoms with Gasteiger partial charge in [0.15, 0.2) is 12.6 Å². The standard InChI is InChI=1S/C17H26N4O3.HI/c1-13(11-23-3)20-17(18-2)19-9-6-10-21-14-7-4-5-8-15(14)24-12-16(21)22;/h4-5,7-8,13H,6,9-12H2,1-3H3,(H2,18,19,20);1H. The van der Waals surface area contributed by atoms with E-state index in [4.69, 9.17) is 9.47 Å². The van der Waals surface area contributed by atoms with Crippen molar-refractivity contribution in [3.8, 4) is 5.75 Å². The number of aliphatic imine (C=N–C) groups is 1. The van der Waals surface area contributed by atoms with Crippen LogP contribution in [0.5, 0.6) is 5.75 Å². The van der Waals surface area contributed by atoms with Gasteiger partial charge in [0.1, 0.15) is 5.75 Å². The van der Waals surface area contributed by atoms with Crippen molar-refractivity contribution in [1.82, 2.24) is 10.6 Å². The number of hydrogen-bond donors (Lipinski definition) is 2. The highest BCUT2D eigenvalue weighted by molar-refractivity contribution is 14.0. The maximum Gasteiger partial charge on any atom is 0.265 e. The second kappa shape index (κ2) is 11.1. The van der Waals surface area contributed by atoms with Crippen LogP contribution in [-0.4, -0.2) is 58.4 Å². The van der Waals surface area contributed by atoms with Crippen molar-refractivity contribution in [2.45, 2.75) is 19.4 Å². The van der Waals surface area contributed by atoms with Crippen LogP contribution in [0.3, 0.4) is 0 Å². The third kappa shape index (κ3) is 6.35. The van der Waals surface area contributed by atoms with Gasteiger partial charge in [-0.05, 0) is 25.5 Å². The van der Waals surface area contributed by atoms with Crippen molar-refractivity contribution in [1.29, 1.82) is 0 Å². The Morgan fingerprint density at radius 1 is 1.44 bits per heavy atom. The summed E-state index contributed by atoms with van der Waals surface area (Å²) in [6.07, 6.45) is 0.805. The Kier molecular flexibility index (Phi) is 9.58. The first-order valence-electron chi connectivity index (χ1n) is 8.14. The SMILES string of the molecule is CN=C(NCCCN1C(=O)COc2ccccc21)NC(C)COC.I. The molecule has 1 aliphatic heterocycles. The summed E-state index contributed by atoms with van der Waals surface area (Å²) < 4.78 is 10.5. The third-order valence-electron chi connectivity index (χ3n) is 3.68. The minimum atomic E-state index is -0.00933. The van der Waals surface area contributed by atoms with Gasteiger partial charge in [-0.15, -0.1) is 24.0 Å². The second-order valence-electron chi connectivity index (χ2n) is 5.66. The van der Waals surface area contributed by atoms with Gasteiger partial charge in [-0.3, -0.25) is 9.79 Å². The van der Waals surface area contributed by atoms with Gasteiger partial charge in [0.25, 0.3) is 5.91 Å². The predicted molar refractivity (Wildman–Crippen MR) is 110 cm³/mol. The average molecular weight is 462 g/mol. The molecule has 1 aromatic rings. The zero-order chi connectivity index (χ0) is 17.4. The van der Waals surface area contributed by atoms with Crippen LogP contribution in [0.15, 0.2) is 29.3 Å². The lowest BCUT2D eigenvalue weighted by atomic mass is 10.2. The number of guanidine groups is 1. The molecule has 1 atom stereocenters. The van der Waals surface area contributed by atoms with Gasteiger partial charge in [0.2, 0.25) is 0 Å². The summed E-state index contributed by atoms with van der Waals surface area (Å²) in [5.74, 6) is 1.48. The summed E-state index contributed by atoms with van der Waals surface area (Å²) in [4.78, 5) is 18.1. The lowest BCUT2D eigenvalue weighted by molar-refractivity contribution is -0.121. The first-order chi connectivity index (χ1) is 11.7. The largest absolute Gasteiger partial charge is 0.482 e. The van der Waals surface area contributed by atoms with Crippen molar-refractivity contribution in [2.75, 3.05) is 45.4 Å². The monoisotopic (exact) mass is 462 g/mol. The Morgan fingerprint density at radius 2 is 2.20 bits per heavy atom. The van der Waals surface area contributed by atoms with Gasteiger partial charge >= 0.3 is 0 Å². The highest BCUT2D eigenvalue weighted by Gasteiger charge is 2.24. The summed E-state index contributed by atoms with van der Waals surface area (Å²) in [6.45, 7) is 4.09. The highest BCUT2D eigenvalue weighted by Crippen LogP contribution is 2.31. The van der Waals surface area contributed by atoms with E-state index >= 15 is 0 Å². The van der Waals surface area contributed by atoms with E-state index in [2.05, 4.69) is 15.6 Å². The first kappa shape index (κ1) is 21.5. The number of methoxy groups -OCH3 is 1. The number of halogens is 1. The van der Waals surface area contributed by atoms with Crippen LogP contribution in [0, 0.1) is 0 Å². The number of hydrogen-bond acceptors (Lipinski definition) is 4. The molecule has 2 N–H and O–H groups in total. The Bertz CT molecular complexity index is 583. The molecule has 2 rings (SSSR count). The topological polar surface area (TPSA) is 75.2 Å². The molecule has 8 heteroatoms. The number of nitrogens with one attached hydrogen (secondary N) is 2. The summed E-state index contributed by atoms with van der Waals surface area (Å²) in [5, 5.41) is 6.50. The van der Waals surface area contributed by atoms with Crippen molar-refractivity contribution in [3.05, 3.63) is 24.3 Å². The van der Waals surface area contributed by atoms with E-state index in [1.807, 2.05) is 31.2 Å². The number of anilines is 1. The summed E-state index contributed by atoms with van der Waals surface area (Å²) in [6, 6.07) is 7.79. The molecular weight excluding hydrogens is 435 g/mol. The fraction of sp³-hybridized carbons (Fsp3) is 0.529. The van der Waals surface area contributed by atoms with Crippen LogP contribution >= 0.6 is 24.0 Å². The molecule has 25 heavy (non-hydrogen) atoms. The maximum absolute atomic E-state index is 12.1. The van der Waals surface area contributed by atoms with Crippen molar-refractivity contribution >= 4 is 41.5 Å². The van der Waals surface area contributed by atoms with Gasteiger partial charge in [-0.1, -0.05) is 12.1 Å². The zero-order valence-corrected chi connectivity index (χ0v) is 17.3. The zero-order valence-electron chi connectivity index (χ0n) is 14.9. The van der Waals surface area contributed by atoms with Crippen molar-refractivity contribution in [2.24, 2.45) is 4.99 Å². The number of rotatable bonds is 7. The molecule has 140 valence electrons. The Hall–Kier alpha value is -1.55. The smallest absolute Gasteiger partial charge is 0.265 e. The lowest BCUT2D eigenvalue weighted by Gasteiger charge is -2.29. The number of ether oxygens (including phenoxy) is 2. The van der Waals surface area contributed by atoms with E-state index in [1.165, 1.54) is 0 Å². The van der Waals surface area contributed by atoms with Crippen LogP contribution in [0.25, 0.3) is 0 Å². The summed E-state index contributed by atoms with van der Waals surface area (Å²) >= 11 is 0. The van der Waals surface area contributed by atoms with Gasteiger partial charge in [0.05, 0.1) is 12.3 Å². The number of para-hydroxylation sites is 2. The first-order valence-corrected chi connectivity index (χ1v) is 8.14. The maximum atomic E-state index is 12.1. The molecule has 0 saturated carbocycles. The van der Waals surface area contributed by atoms with E-state index in [-0.39, 0.29) is 42.5 Å². The number of amides is 1. The fourth-order valence-corrected chi connectivity index (χ4v) is 2.56. The molecule has 7 nitrogen and oxygen atoms in total. The normalized spacial score (nSPS) is 14.9. The minimum Gasteiger partial charge on any atom is -0.482 e. The Labute approximate surface area is 166 Å². The predicted octanol–water partition coefficient (Wildman–Crippen LogP) is 1.62. The Morgan fingerprint density at radius 3 is 2.92 bits per heavy atom. The average Bonchev–Trinajstić information content (AvgIpc) is 2.59. The molecular formula is C17H27IN4O3. The molecule has 0 bridgehead atoms. The number of nitrogens with zero attached hydrogens (tertiary/aromatic N) is 2. The molecule has 0 spiro atoms. The van der Waals surface area contributed by atoms with Crippen LogP contribution in [0.1, 0.15) is 13.3 Å². The van der Waals surface area contributed by atoms with Crippen LogP contribution in [0.4, 0.5) is 5.69 Å². The molecule has 1 unspecified atom stereocenters. The fourth-order valence-electron chi connectivity index (χ4n) is 2.56. The van der Waals surface area contributed by atoms with Gasteiger partial charge in [-0.25, -0.2) is 0 Å². The summed E-state index contributed by atoms with van der Waals surface area (Å²) in [7, 11) is 3.40. The number of carbonyl (C=O) groups is 1. The van der Waals surface area contributed by atoms with Gasteiger partial charge in [-0.2, -0.15) is 0 Å². The number of carbonyl (C=O) groups excluding carboxylic acids is 1.